The molecule has 1 aromatic heterocycles. The average Bonchev–Trinajstić information content (AvgIpc) is 2.81. The van der Waals surface area contributed by atoms with Crippen molar-refractivity contribution in [3.8, 4) is 0 Å². The zero-order valence-corrected chi connectivity index (χ0v) is 9.35. The SMILES string of the molecule is O=C(Nc1nnns1)c1cc(F)ccc1[N+](=O)[O-]. The van der Waals surface area contributed by atoms with E-state index in [0.29, 0.717) is 0 Å². The number of hydrogen-bond donors (Lipinski definition) is 1. The Balaban J connectivity index is 2.34. The Hall–Kier alpha value is -2.49. The van der Waals surface area contributed by atoms with Gasteiger partial charge in [0.15, 0.2) is 0 Å². The number of benzene rings is 1. The molecule has 1 aromatic carbocycles. The minimum Gasteiger partial charge on any atom is -0.295 e. The lowest BCUT2D eigenvalue weighted by atomic mass is 10.1. The Labute approximate surface area is 103 Å². The predicted octanol–water partition coefficient (Wildman–Crippen LogP) is 1.23. The van der Waals surface area contributed by atoms with Gasteiger partial charge in [-0.2, -0.15) is 0 Å². The lowest BCUT2D eigenvalue weighted by Crippen LogP contribution is -2.14. The summed E-state index contributed by atoms with van der Waals surface area (Å²) in [5, 5.41) is 19.7. The molecule has 0 aliphatic carbocycles. The van der Waals surface area contributed by atoms with Gasteiger partial charge in [-0.05, 0) is 17.3 Å². The van der Waals surface area contributed by atoms with Crippen LogP contribution in [0.15, 0.2) is 18.2 Å². The number of hydrogen-bond acceptors (Lipinski definition) is 7. The largest absolute Gasteiger partial charge is 0.295 e. The highest BCUT2D eigenvalue weighted by atomic mass is 32.1. The number of nitro groups is 1. The highest BCUT2D eigenvalue weighted by Gasteiger charge is 2.21. The number of rotatable bonds is 3. The van der Waals surface area contributed by atoms with Gasteiger partial charge in [-0.15, -0.1) is 0 Å². The van der Waals surface area contributed by atoms with Gasteiger partial charge in [0, 0.05) is 17.6 Å². The average molecular weight is 269 g/mol. The van der Waals surface area contributed by atoms with Gasteiger partial charge in [-0.1, -0.05) is 9.59 Å². The quantitative estimate of drug-likeness (QED) is 0.662. The topological polar surface area (TPSA) is 111 Å². The molecule has 0 atom stereocenters. The van der Waals surface area contributed by atoms with Gasteiger partial charge in [0.1, 0.15) is 11.4 Å². The van der Waals surface area contributed by atoms with Crippen LogP contribution in [0, 0.1) is 15.9 Å². The van der Waals surface area contributed by atoms with Crippen molar-refractivity contribution in [2.75, 3.05) is 5.32 Å². The molecule has 8 nitrogen and oxygen atoms in total. The Bertz CT molecular complexity index is 603. The van der Waals surface area contributed by atoms with Crippen LogP contribution in [0.5, 0.6) is 0 Å². The van der Waals surface area contributed by atoms with Crippen molar-refractivity contribution in [3.05, 3.63) is 39.7 Å². The van der Waals surface area contributed by atoms with Crippen molar-refractivity contribution in [1.82, 2.24) is 14.8 Å². The summed E-state index contributed by atoms with van der Waals surface area (Å²) in [4.78, 5) is 21.7. The summed E-state index contributed by atoms with van der Waals surface area (Å²) in [7, 11) is 0. The third-order valence-corrected chi connectivity index (χ3v) is 2.43. The fourth-order valence-electron chi connectivity index (χ4n) is 1.20. The number of carbonyl (C=O) groups is 1. The molecule has 18 heavy (non-hydrogen) atoms. The van der Waals surface area contributed by atoms with E-state index in [1.807, 2.05) is 0 Å². The molecule has 0 bridgehead atoms. The van der Waals surface area contributed by atoms with Crippen molar-refractivity contribution < 1.29 is 14.1 Å². The third-order valence-electron chi connectivity index (χ3n) is 1.92. The molecular weight excluding hydrogens is 265 g/mol. The lowest BCUT2D eigenvalue weighted by molar-refractivity contribution is -0.385. The number of nitro benzene ring substituents is 1. The zero-order chi connectivity index (χ0) is 13.1. The monoisotopic (exact) mass is 269 g/mol. The second kappa shape index (κ2) is 4.79. The molecule has 2 aromatic rings. The highest BCUT2D eigenvalue weighted by Crippen LogP contribution is 2.20. The number of carbonyl (C=O) groups excluding carboxylic acids is 1. The van der Waals surface area contributed by atoms with Gasteiger partial charge in [0.05, 0.1) is 4.92 Å². The molecule has 2 rings (SSSR count). The molecule has 0 unspecified atom stereocenters. The Morgan fingerprint density at radius 2 is 2.28 bits per heavy atom. The fourth-order valence-corrected chi connectivity index (χ4v) is 1.56. The molecular formula is C8H4FN5O3S. The number of halogens is 1. The Morgan fingerprint density at radius 3 is 2.89 bits per heavy atom. The maximum Gasteiger partial charge on any atom is 0.282 e. The smallest absolute Gasteiger partial charge is 0.282 e. The minimum atomic E-state index is -0.847. The van der Waals surface area contributed by atoms with E-state index in [4.69, 9.17) is 0 Å². The van der Waals surface area contributed by atoms with E-state index >= 15 is 0 Å². The summed E-state index contributed by atoms with van der Waals surface area (Å²) < 4.78 is 16.4. The van der Waals surface area contributed by atoms with Crippen molar-refractivity contribution in [2.45, 2.75) is 0 Å². The lowest BCUT2D eigenvalue weighted by Gasteiger charge is -2.02. The summed E-state index contributed by atoms with van der Waals surface area (Å²) in [5.74, 6) is -1.60. The van der Waals surface area contributed by atoms with Crippen LogP contribution in [0.25, 0.3) is 0 Å². The summed E-state index contributed by atoms with van der Waals surface area (Å²) in [6.45, 7) is 0. The standard InChI is InChI=1S/C8H4FN5O3S/c9-4-1-2-6(14(16)17)5(3-4)7(15)10-8-11-12-13-18-8/h1-3H,(H,10,11,13,15). The molecule has 10 heteroatoms. The van der Waals surface area contributed by atoms with Crippen LogP contribution in [0.4, 0.5) is 15.2 Å². The second-order valence-electron chi connectivity index (χ2n) is 3.04. The van der Waals surface area contributed by atoms with E-state index in [1.54, 1.807) is 0 Å². The Morgan fingerprint density at radius 1 is 1.50 bits per heavy atom. The second-order valence-corrected chi connectivity index (χ2v) is 3.77. The Kier molecular flexibility index (Phi) is 3.19. The van der Waals surface area contributed by atoms with Gasteiger partial charge in [0.2, 0.25) is 5.13 Å². The number of nitrogens with one attached hydrogen (secondary N) is 1. The van der Waals surface area contributed by atoms with E-state index in [-0.39, 0.29) is 5.13 Å². The van der Waals surface area contributed by atoms with Gasteiger partial charge in [0.25, 0.3) is 11.6 Å². The third kappa shape index (κ3) is 2.43. The minimum absolute atomic E-state index is 0.0681. The summed E-state index contributed by atoms with van der Waals surface area (Å²) in [6, 6.07) is 2.60. The van der Waals surface area contributed by atoms with Crippen LogP contribution in [0.1, 0.15) is 10.4 Å². The molecule has 0 aliphatic rings. The van der Waals surface area contributed by atoms with Crippen LogP contribution in [0.3, 0.4) is 0 Å². The molecule has 1 heterocycles. The van der Waals surface area contributed by atoms with Crippen molar-refractivity contribution in [1.29, 1.82) is 0 Å². The molecule has 0 aliphatic heterocycles. The number of aromatic nitrogens is 3. The van der Waals surface area contributed by atoms with Crippen LogP contribution in [-0.4, -0.2) is 25.6 Å². The van der Waals surface area contributed by atoms with Crippen LogP contribution < -0.4 is 5.32 Å². The van der Waals surface area contributed by atoms with E-state index < -0.39 is 27.9 Å². The number of nitrogens with zero attached hydrogens (tertiary/aromatic N) is 4. The van der Waals surface area contributed by atoms with Crippen molar-refractivity contribution in [2.24, 2.45) is 0 Å². The summed E-state index contributed by atoms with van der Waals surface area (Å²) >= 11 is 0.797. The first kappa shape index (κ1) is 12.0. The van der Waals surface area contributed by atoms with E-state index in [9.17, 15) is 19.3 Å². The van der Waals surface area contributed by atoms with Crippen molar-refractivity contribution in [3.63, 3.8) is 0 Å². The normalized spacial score (nSPS) is 10.1. The fraction of sp³-hybridized carbons (Fsp3) is 0. The number of anilines is 1. The van der Waals surface area contributed by atoms with E-state index in [0.717, 1.165) is 29.7 Å². The van der Waals surface area contributed by atoms with Gasteiger partial charge in [-0.25, -0.2) is 4.39 Å². The molecule has 0 radical (unpaired) electrons. The molecule has 0 saturated heterocycles. The predicted molar refractivity (Wildman–Crippen MR) is 58.7 cm³/mol. The van der Waals surface area contributed by atoms with Gasteiger partial charge < -0.3 is 0 Å². The van der Waals surface area contributed by atoms with E-state index in [1.165, 1.54) is 0 Å². The van der Waals surface area contributed by atoms with Crippen molar-refractivity contribution >= 4 is 28.3 Å². The van der Waals surface area contributed by atoms with E-state index in [2.05, 4.69) is 20.1 Å². The molecule has 0 spiro atoms. The first-order chi connectivity index (χ1) is 8.58. The number of amides is 1. The molecule has 0 saturated carbocycles. The maximum absolute atomic E-state index is 13.0. The van der Waals surface area contributed by atoms with Crippen LogP contribution in [-0.2, 0) is 0 Å². The molecule has 92 valence electrons. The summed E-state index contributed by atoms with van der Waals surface area (Å²) in [5.41, 5.74) is -0.887. The molecule has 1 amide bonds. The summed E-state index contributed by atoms with van der Waals surface area (Å²) in [6.07, 6.45) is 0. The molecule has 1 N–H and O–H groups in total. The molecule has 0 fully saturated rings. The van der Waals surface area contributed by atoms with Crippen LogP contribution >= 0.6 is 11.5 Å². The zero-order valence-electron chi connectivity index (χ0n) is 8.53. The maximum atomic E-state index is 13.0. The van der Waals surface area contributed by atoms with Gasteiger partial charge >= 0.3 is 0 Å². The highest BCUT2D eigenvalue weighted by molar-refractivity contribution is 7.09. The van der Waals surface area contributed by atoms with Crippen LogP contribution in [0.2, 0.25) is 0 Å². The first-order valence-electron chi connectivity index (χ1n) is 4.48. The first-order valence-corrected chi connectivity index (χ1v) is 5.25. The van der Waals surface area contributed by atoms with Gasteiger partial charge in [-0.3, -0.25) is 20.2 Å².